The summed E-state index contributed by atoms with van der Waals surface area (Å²) in [6, 6.07) is 5.10. The largest absolute Gasteiger partial charge is 0.478 e. The number of aromatic carboxylic acids is 1. The van der Waals surface area contributed by atoms with Crippen LogP contribution in [-0.2, 0) is 11.2 Å². The van der Waals surface area contributed by atoms with E-state index in [1.807, 2.05) is 0 Å². The van der Waals surface area contributed by atoms with Crippen molar-refractivity contribution in [3.63, 3.8) is 0 Å². The molecule has 5 nitrogen and oxygen atoms in total. The van der Waals surface area contributed by atoms with Crippen LogP contribution in [-0.4, -0.2) is 30.1 Å². The van der Waals surface area contributed by atoms with E-state index in [0.717, 1.165) is 24.2 Å². The summed E-state index contributed by atoms with van der Waals surface area (Å²) in [5, 5.41) is 8.93. The standard InChI is InChI=1S/C13H16N2O3/c1-8(12(14)16)7-15-5-4-9-6-10(13(17)18)2-3-11(9)15/h2-3,6,8H,4-5,7H2,1H3,(H2,14,16)(H,17,18). The molecule has 1 aliphatic heterocycles. The van der Waals surface area contributed by atoms with E-state index in [4.69, 9.17) is 10.8 Å². The SMILES string of the molecule is CC(CN1CCc2cc(C(=O)O)ccc21)C(N)=O. The number of nitrogens with zero attached hydrogens (tertiary/aromatic N) is 1. The molecule has 1 aromatic rings. The molecular formula is C13H16N2O3. The minimum Gasteiger partial charge on any atom is -0.478 e. The smallest absolute Gasteiger partial charge is 0.335 e. The van der Waals surface area contributed by atoms with Gasteiger partial charge in [0.05, 0.1) is 11.5 Å². The molecule has 18 heavy (non-hydrogen) atoms. The van der Waals surface area contributed by atoms with Crippen molar-refractivity contribution in [1.82, 2.24) is 0 Å². The average Bonchev–Trinajstić information content (AvgIpc) is 2.71. The number of carboxylic acids is 1. The highest BCUT2D eigenvalue weighted by atomic mass is 16.4. The second-order valence-corrected chi connectivity index (χ2v) is 4.65. The maximum absolute atomic E-state index is 11.1. The molecule has 0 saturated carbocycles. The number of amides is 1. The molecule has 5 heteroatoms. The van der Waals surface area contributed by atoms with Crippen LogP contribution in [0, 0.1) is 5.92 Å². The third-order valence-electron chi connectivity index (χ3n) is 3.30. The molecule has 1 aliphatic rings. The van der Waals surface area contributed by atoms with Crippen LogP contribution in [0.4, 0.5) is 5.69 Å². The normalized spacial score (nSPS) is 15.3. The Morgan fingerprint density at radius 3 is 2.83 bits per heavy atom. The summed E-state index contributed by atoms with van der Waals surface area (Å²) in [7, 11) is 0. The number of rotatable bonds is 4. The number of primary amides is 1. The minimum atomic E-state index is -0.915. The minimum absolute atomic E-state index is 0.213. The van der Waals surface area contributed by atoms with Crippen molar-refractivity contribution < 1.29 is 14.7 Å². The first-order valence-electron chi connectivity index (χ1n) is 5.89. The number of carbonyl (C=O) groups excluding carboxylic acids is 1. The van der Waals surface area contributed by atoms with Crippen molar-refractivity contribution in [2.45, 2.75) is 13.3 Å². The zero-order chi connectivity index (χ0) is 13.3. The van der Waals surface area contributed by atoms with Gasteiger partial charge in [-0.25, -0.2) is 4.79 Å². The van der Waals surface area contributed by atoms with Crippen molar-refractivity contribution in [3.8, 4) is 0 Å². The van der Waals surface area contributed by atoms with Crippen LogP contribution in [0.3, 0.4) is 0 Å². The molecule has 0 radical (unpaired) electrons. The van der Waals surface area contributed by atoms with Crippen molar-refractivity contribution in [1.29, 1.82) is 0 Å². The molecule has 0 aromatic heterocycles. The lowest BCUT2D eigenvalue weighted by molar-refractivity contribution is -0.121. The molecule has 0 fully saturated rings. The highest BCUT2D eigenvalue weighted by Gasteiger charge is 2.23. The summed E-state index contributed by atoms with van der Waals surface area (Å²) in [6.07, 6.45) is 0.807. The van der Waals surface area contributed by atoms with Crippen molar-refractivity contribution >= 4 is 17.6 Å². The summed E-state index contributed by atoms with van der Waals surface area (Å²) in [6.45, 7) is 3.18. The van der Waals surface area contributed by atoms with Gasteiger partial charge in [-0.1, -0.05) is 6.92 Å². The van der Waals surface area contributed by atoms with E-state index >= 15 is 0 Å². The van der Waals surface area contributed by atoms with Gasteiger partial charge in [-0.3, -0.25) is 4.79 Å². The Morgan fingerprint density at radius 1 is 1.50 bits per heavy atom. The fraction of sp³-hybridized carbons (Fsp3) is 0.385. The summed E-state index contributed by atoms with van der Waals surface area (Å²) in [5.74, 6) is -1.44. The zero-order valence-electron chi connectivity index (χ0n) is 10.2. The molecule has 1 amide bonds. The summed E-state index contributed by atoms with van der Waals surface area (Å²) in [4.78, 5) is 24.0. The fourth-order valence-corrected chi connectivity index (χ4v) is 2.21. The third-order valence-corrected chi connectivity index (χ3v) is 3.30. The topological polar surface area (TPSA) is 83.6 Å². The third kappa shape index (κ3) is 2.30. The number of hydrogen-bond acceptors (Lipinski definition) is 3. The van der Waals surface area contributed by atoms with Gasteiger partial charge in [-0.05, 0) is 30.2 Å². The van der Waals surface area contributed by atoms with Gasteiger partial charge in [-0.2, -0.15) is 0 Å². The average molecular weight is 248 g/mol. The number of fused-ring (bicyclic) bond motifs is 1. The van der Waals surface area contributed by atoms with Gasteiger partial charge in [0.2, 0.25) is 5.91 Å². The number of benzene rings is 1. The molecule has 2 rings (SSSR count). The van der Waals surface area contributed by atoms with Crippen LogP contribution >= 0.6 is 0 Å². The molecule has 1 unspecified atom stereocenters. The first-order valence-corrected chi connectivity index (χ1v) is 5.89. The number of hydrogen-bond donors (Lipinski definition) is 2. The summed E-state index contributed by atoms with van der Waals surface area (Å²) >= 11 is 0. The van der Waals surface area contributed by atoms with Gasteiger partial charge in [0, 0.05) is 18.8 Å². The quantitative estimate of drug-likeness (QED) is 0.828. The molecule has 1 heterocycles. The van der Waals surface area contributed by atoms with Gasteiger partial charge < -0.3 is 15.7 Å². The molecule has 0 bridgehead atoms. The van der Waals surface area contributed by atoms with Crippen LogP contribution in [0.5, 0.6) is 0 Å². The monoisotopic (exact) mass is 248 g/mol. The Balaban J connectivity index is 2.19. The van der Waals surface area contributed by atoms with Gasteiger partial charge >= 0.3 is 5.97 Å². The molecule has 1 atom stereocenters. The number of nitrogens with two attached hydrogens (primary N) is 1. The fourth-order valence-electron chi connectivity index (χ4n) is 2.21. The van der Waals surface area contributed by atoms with Crippen LogP contribution in [0.15, 0.2) is 18.2 Å². The van der Waals surface area contributed by atoms with Gasteiger partial charge in [0.1, 0.15) is 0 Å². The van der Waals surface area contributed by atoms with Crippen molar-refractivity contribution in [3.05, 3.63) is 29.3 Å². The predicted octanol–water partition coefficient (Wildman–Crippen LogP) is 0.869. The molecule has 0 aliphatic carbocycles. The van der Waals surface area contributed by atoms with E-state index in [1.54, 1.807) is 25.1 Å². The van der Waals surface area contributed by atoms with Crippen LogP contribution in [0.25, 0.3) is 0 Å². The highest BCUT2D eigenvalue weighted by molar-refractivity contribution is 5.89. The van der Waals surface area contributed by atoms with E-state index in [2.05, 4.69) is 4.90 Å². The van der Waals surface area contributed by atoms with E-state index in [1.165, 1.54) is 0 Å². The first kappa shape index (κ1) is 12.4. The van der Waals surface area contributed by atoms with E-state index in [0.29, 0.717) is 12.1 Å². The van der Waals surface area contributed by atoms with Crippen molar-refractivity contribution in [2.24, 2.45) is 11.7 Å². The predicted molar refractivity (Wildman–Crippen MR) is 67.7 cm³/mol. The lowest BCUT2D eigenvalue weighted by Gasteiger charge is -2.22. The number of anilines is 1. The molecule has 96 valence electrons. The first-order chi connectivity index (χ1) is 8.49. The Hall–Kier alpha value is -2.04. The Morgan fingerprint density at radius 2 is 2.22 bits per heavy atom. The Bertz CT molecular complexity index is 499. The van der Waals surface area contributed by atoms with Crippen molar-refractivity contribution in [2.75, 3.05) is 18.0 Å². The van der Waals surface area contributed by atoms with Crippen LogP contribution < -0.4 is 10.6 Å². The van der Waals surface area contributed by atoms with Crippen LogP contribution in [0.1, 0.15) is 22.8 Å². The Kier molecular flexibility index (Phi) is 3.23. The highest BCUT2D eigenvalue weighted by Crippen LogP contribution is 2.29. The molecule has 0 spiro atoms. The van der Waals surface area contributed by atoms with Crippen LogP contribution in [0.2, 0.25) is 0 Å². The van der Waals surface area contributed by atoms with Gasteiger partial charge in [0.25, 0.3) is 0 Å². The summed E-state index contributed by atoms with van der Waals surface area (Å²) in [5.41, 5.74) is 7.59. The molecule has 0 saturated heterocycles. The second-order valence-electron chi connectivity index (χ2n) is 4.65. The maximum Gasteiger partial charge on any atom is 0.335 e. The Labute approximate surface area is 105 Å². The molecule has 3 N–H and O–H groups in total. The van der Waals surface area contributed by atoms with E-state index in [9.17, 15) is 9.59 Å². The molecular weight excluding hydrogens is 232 g/mol. The maximum atomic E-state index is 11.1. The van der Waals surface area contributed by atoms with Gasteiger partial charge in [-0.15, -0.1) is 0 Å². The van der Waals surface area contributed by atoms with E-state index < -0.39 is 5.97 Å². The second kappa shape index (κ2) is 4.68. The summed E-state index contributed by atoms with van der Waals surface area (Å²) < 4.78 is 0. The zero-order valence-corrected chi connectivity index (χ0v) is 10.2. The number of carboxylic acid groups (broad SMARTS) is 1. The molecule has 1 aromatic carbocycles. The lowest BCUT2D eigenvalue weighted by atomic mass is 10.1. The lowest BCUT2D eigenvalue weighted by Crippen LogP contribution is -2.33. The number of carbonyl (C=O) groups is 2. The van der Waals surface area contributed by atoms with Gasteiger partial charge in [0.15, 0.2) is 0 Å². The van der Waals surface area contributed by atoms with E-state index in [-0.39, 0.29) is 11.8 Å².